The Kier molecular flexibility index (Phi) is 4.10. The van der Waals surface area contributed by atoms with E-state index in [1.54, 1.807) is 53.4 Å². The van der Waals surface area contributed by atoms with Gasteiger partial charge in [0.25, 0.3) is 5.91 Å². The van der Waals surface area contributed by atoms with Crippen molar-refractivity contribution in [2.24, 2.45) is 5.92 Å². The maximum absolute atomic E-state index is 12.7. The number of hydrogen-bond acceptors (Lipinski definition) is 4. The van der Waals surface area contributed by atoms with Gasteiger partial charge in [0.15, 0.2) is 0 Å². The number of hydrogen-bond donors (Lipinski definition) is 1. The molecule has 3 rings (SSSR count). The highest BCUT2D eigenvalue weighted by molar-refractivity contribution is 5.93. The van der Waals surface area contributed by atoms with E-state index in [9.17, 15) is 14.7 Å². The Bertz CT molecular complexity index is 714. The zero-order chi connectivity index (χ0) is 16.4. The van der Waals surface area contributed by atoms with E-state index < -0.39 is 11.9 Å². The van der Waals surface area contributed by atoms with Crippen LogP contribution >= 0.6 is 0 Å². The van der Waals surface area contributed by atoms with Crippen molar-refractivity contribution in [1.82, 2.24) is 19.4 Å². The SMILES string of the molecule is C[C@@H]1[C@H](C(=O)O)CCCN1C(=O)c1cc(-n2ccnc2)ccn1. The van der Waals surface area contributed by atoms with Crippen molar-refractivity contribution in [3.63, 3.8) is 0 Å². The summed E-state index contributed by atoms with van der Waals surface area (Å²) in [6, 6.07) is 3.15. The molecule has 2 aromatic rings. The molecule has 1 saturated heterocycles. The molecule has 2 atom stereocenters. The van der Waals surface area contributed by atoms with Gasteiger partial charge in [-0.05, 0) is 31.9 Å². The second kappa shape index (κ2) is 6.20. The van der Waals surface area contributed by atoms with Gasteiger partial charge in [0.05, 0.1) is 17.9 Å². The third-order valence-electron chi connectivity index (χ3n) is 4.33. The Labute approximate surface area is 133 Å². The van der Waals surface area contributed by atoms with Crippen LogP contribution in [0.5, 0.6) is 0 Å². The Morgan fingerprint density at radius 1 is 1.35 bits per heavy atom. The van der Waals surface area contributed by atoms with Crippen LogP contribution in [0.2, 0.25) is 0 Å². The number of nitrogens with zero attached hydrogens (tertiary/aromatic N) is 4. The predicted octanol–water partition coefficient (Wildman–Crippen LogP) is 1.59. The summed E-state index contributed by atoms with van der Waals surface area (Å²) >= 11 is 0. The van der Waals surface area contributed by atoms with Crippen LogP contribution in [0.4, 0.5) is 0 Å². The van der Waals surface area contributed by atoms with E-state index in [1.165, 1.54) is 0 Å². The number of likely N-dealkylation sites (tertiary alicyclic amines) is 1. The van der Waals surface area contributed by atoms with E-state index in [1.807, 2.05) is 0 Å². The maximum Gasteiger partial charge on any atom is 0.308 e. The Hall–Kier alpha value is -2.70. The molecule has 3 heterocycles. The van der Waals surface area contributed by atoms with E-state index in [0.29, 0.717) is 25.1 Å². The van der Waals surface area contributed by atoms with E-state index in [-0.39, 0.29) is 11.9 Å². The van der Waals surface area contributed by atoms with Crippen molar-refractivity contribution in [2.45, 2.75) is 25.8 Å². The highest BCUT2D eigenvalue weighted by Gasteiger charge is 2.36. The van der Waals surface area contributed by atoms with Gasteiger partial charge in [-0.3, -0.25) is 14.6 Å². The van der Waals surface area contributed by atoms with E-state index in [2.05, 4.69) is 9.97 Å². The van der Waals surface area contributed by atoms with E-state index in [4.69, 9.17) is 0 Å². The van der Waals surface area contributed by atoms with Crippen molar-refractivity contribution >= 4 is 11.9 Å². The molecule has 23 heavy (non-hydrogen) atoms. The average molecular weight is 314 g/mol. The van der Waals surface area contributed by atoms with E-state index in [0.717, 1.165) is 5.69 Å². The standard InChI is InChI=1S/C16H18N4O3/c1-11-13(16(22)23)3-2-7-20(11)15(21)14-9-12(4-5-18-14)19-8-6-17-10-19/h4-6,8-11,13H,2-3,7H2,1H3,(H,22,23)/t11-,13-/m1/s1. The Balaban J connectivity index is 1.85. The molecular weight excluding hydrogens is 296 g/mol. The van der Waals surface area contributed by atoms with Gasteiger partial charge in [-0.1, -0.05) is 0 Å². The molecule has 1 amide bonds. The smallest absolute Gasteiger partial charge is 0.308 e. The molecule has 1 aliphatic heterocycles. The summed E-state index contributed by atoms with van der Waals surface area (Å²) in [4.78, 5) is 33.8. The van der Waals surface area contributed by atoms with Crippen LogP contribution in [0.1, 0.15) is 30.3 Å². The molecule has 0 saturated carbocycles. The maximum atomic E-state index is 12.7. The molecule has 1 aliphatic rings. The number of carbonyl (C=O) groups excluding carboxylic acids is 1. The number of amides is 1. The number of pyridine rings is 1. The van der Waals surface area contributed by atoms with Crippen molar-refractivity contribution in [1.29, 1.82) is 0 Å². The number of aromatic nitrogens is 3. The van der Waals surface area contributed by atoms with Gasteiger partial charge < -0.3 is 14.6 Å². The lowest BCUT2D eigenvalue weighted by atomic mass is 9.90. The predicted molar refractivity (Wildman–Crippen MR) is 82.2 cm³/mol. The molecule has 120 valence electrons. The minimum absolute atomic E-state index is 0.231. The van der Waals surface area contributed by atoms with Crippen LogP contribution in [-0.4, -0.2) is 49.0 Å². The topological polar surface area (TPSA) is 88.3 Å². The van der Waals surface area contributed by atoms with Gasteiger partial charge in [0, 0.05) is 31.2 Å². The lowest BCUT2D eigenvalue weighted by Gasteiger charge is -2.37. The van der Waals surface area contributed by atoms with Crippen LogP contribution in [0.25, 0.3) is 5.69 Å². The second-order valence-corrected chi connectivity index (χ2v) is 5.70. The summed E-state index contributed by atoms with van der Waals surface area (Å²) in [5.41, 5.74) is 1.11. The van der Waals surface area contributed by atoms with Gasteiger partial charge in [0.1, 0.15) is 5.69 Å². The van der Waals surface area contributed by atoms with Gasteiger partial charge in [0.2, 0.25) is 0 Å². The molecule has 0 bridgehead atoms. The number of carboxylic acids is 1. The van der Waals surface area contributed by atoms with Crippen LogP contribution in [0, 0.1) is 5.92 Å². The molecule has 0 spiro atoms. The lowest BCUT2D eigenvalue weighted by molar-refractivity contribution is -0.144. The third-order valence-corrected chi connectivity index (χ3v) is 4.33. The molecule has 7 nitrogen and oxygen atoms in total. The van der Waals surface area contributed by atoms with Crippen molar-refractivity contribution < 1.29 is 14.7 Å². The molecule has 2 aromatic heterocycles. The lowest BCUT2D eigenvalue weighted by Crippen LogP contribution is -2.49. The molecule has 1 fully saturated rings. The first-order chi connectivity index (χ1) is 11.1. The third kappa shape index (κ3) is 2.94. The first-order valence-corrected chi connectivity index (χ1v) is 7.56. The first kappa shape index (κ1) is 15.2. The zero-order valence-electron chi connectivity index (χ0n) is 12.8. The van der Waals surface area contributed by atoms with Crippen molar-refractivity contribution in [3.8, 4) is 5.69 Å². The number of aliphatic carboxylic acids is 1. The first-order valence-electron chi connectivity index (χ1n) is 7.56. The summed E-state index contributed by atoms with van der Waals surface area (Å²) in [6.45, 7) is 2.34. The van der Waals surface area contributed by atoms with Crippen LogP contribution in [0.15, 0.2) is 37.1 Å². The highest BCUT2D eigenvalue weighted by atomic mass is 16.4. The largest absolute Gasteiger partial charge is 0.481 e. The quantitative estimate of drug-likeness (QED) is 0.929. The van der Waals surface area contributed by atoms with Crippen molar-refractivity contribution in [3.05, 3.63) is 42.7 Å². The number of imidazole rings is 1. The zero-order valence-corrected chi connectivity index (χ0v) is 12.8. The molecular formula is C16H18N4O3. The molecule has 0 aliphatic carbocycles. The number of carbonyl (C=O) groups is 2. The molecule has 0 radical (unpaired) electrons. The van der Waals surface area contributed by atoms with E-state index >= 15 is 0 Å². The van der Waals surface area contributed by atoms with Crippen molar-refractivity contribution in [2.75, 3.05) is 6.54 Å². The fourth-order valence-electron chi connectivity index (χ4n) is 3.02. The van der Waals surface area contributed by atoms with Gasteiger partial charge in [-0.15, -0.1) is 0 Å². The average Bonchev–Trinajstić information content (AvgIpc) is 3.09. The summed E-state index contributed by atoms with van der Waals surface area (Å²) in [5, 5.41) is 9.28. The Morgan fingerprint density at radius 2 is 2.17 bits per heavy atom. The summed E-state index contributed by atoms with van der Waals surface area (Å²) in [6.07, 6.45) is 7.95. The number of rotatable bonds is 3. The fraction of sp³-hybridized carbons (Fsp3) is 0.375. The normalized spacial score (nSPS) is 21.2. The molecule has 0 aromatic carbocycles. The summed E-state index contributed by atoms with van der Waals surface area (Å²) in [7, 11) is 0. The van der Waals surface area contributed by atoms with Gasteiger partial charge in [-0.25, -0.2) is 4.98 Å². The molecule has 7 heteroatoms. The highest BCUT2D eigenvalue weighted by Crippen LogP contribution is 2.25. The van der Waals surface area contributed by atoms with Crippen LogP contribution < -0.4 is 0 Å². The van der Waals surface area contributed by atoms with Crippen LogP contribution in [-0.2, 0) is 4.79 Å². The molecule has 1 N–H and O–H groups in total. The number of carboxylic acid groups (broad SMARTS) is 1. The monoisotopic (exact) mass is 314 g/mol. The van der Waals surface area contributed by atoms with Gasteiger partial charge in [-0.2, -0.15) is 0 Å². The minimum atomic E-state index is -0.852. The van der Waals surface area contributed by atoms with Gasteiger partial charge >= 0.3 is 5.97 Å². The second-order valence-electron chi connectivity index (χ2n) is 5.70. The minimum Gasteiger partial charge on any atom is -0.481 e. The summed E-state index contributed by atoms with van der Waals surface area (Å²) in [5.74, 6) is -1.61. The summed E-state index contributed by atoms with van der Waals surface area (Å²) < 4.78 is 1.79. The fourth-order valence-corrected chi connectivity index (χ4v) is 3.02. The molecule has 0 unspecified atom stereocenters. The number of piperidine rings is 1. The Morgan fingerprint density at radius 3 is 2.87 bits per heavy atom. The van der Waals surface area contributed by atoms with Crippen LogP contribution in [0.3, 0.4) is 0 Å².